The number of fused-ring (bicyclic) bond motifs is 1. The van der Waals surface area contributed by atoms with Gasteiger partial charge in [-0.1, -0.05) is 43.6 Å². The van der Waals surface area contributed by atoms with Gasteiger partial charge in [-0.3, -0.25) is 9.89 Å². The fraction of sp³-hybridized carbons (Fsp3) is 0.263. The van der Waals surface area contributed by atoms with E-state index in [2.05, 4.69) is 52.0 Å². The number of hydrogen-bond donors (Lipinski definition) is 2. The zero-order valence-electron chi connectivity index (χ0n) is 14.0. The first-order chi connectivity index (χ1) is 12.0. The van der Waals surface area contributed by atoms with Crippen LogP contribution in [0.1, 0.15) is 42.2 Å². The highest BCUT2D eigenvalue weighted by atomic mass is 127. The lowest BCUT2D eigenvalue weighted by atomic mass is 9.96. The molecule has 6 heteroatoms. The Balaban J connectivity index is 1.88. The quantitative estimate of drug-likeness (QED) is 0.498. The number of nitrogens with one attached hydrogen (secondary N) is 2. The largest absolute Gasteiger partial charge is 0.345 e. The molecule has 1 heterocycles. The van der Waals surface area contributed by atoms with Crippen molar-refractivity contribution in [3.63, 3.8) is 0 Å². The second-order valence-electron chi connectivity index (χ2n) is 6.45. The highest BCUT2D eigenvalue weighted by molar-refractivity contribution is 14.1. The number of hydrogen-bond acceptors (Lipinski definition) is 2. The van der Waals surface area contributed by atoms with E-state index >= 15 is 0 Å². The van der Waals surface area contributed by atoms with Crippen LogP contribution in [0.3, 0.4) is 0 Å². The SMILES string of the molecule is CC(C)C[C@@H](NC(=O)c1ccc2[nH]nc(I)c2c1)c1ccccc1Cl. The summed E-state index contributed by atoms with van der Waals surface area (Å²) < 4.78 is 0.854. The van der Waals surface area contributed by atoms with E-state index < -0.39 is 0 Å². The maximum absolute atomic E-state index is 12.8. The summed E-state index contributed by atoms with van der Waals surface area (Å²) in [6.45, 7) is 4.27. The van der Waals surface area contributed by atoms with Crippen molar-refractivity contribution >= 4 is 51.0 Å². The summed E-state index contributed by atoms with van der Waals surface area (Å²) in [6, 6.07) is 13.1. The van der Waals surface area contributed by atoms with Crippen molar-refractivity contribution in [2.24, 2.45) is 5.92 Å². The van der Waals surface area contributed by atoms with E-state index in [1.165, 1.54) is 0 Å². The van der Waals surface area contributed by atoms with Crippen molar-refractivity contribution < 1.29 is 4.79 Å². The van der Waals surface area contributed by atoms with Gasteiger partial charge in [0.05, 0.1) is 11.6 Å². The van der Waals surface area contributed by atoms with Crippen LogP contribution in [0.2, 0.25) is 5.02 Å². The van der Waals surface area contributed by atoms with E-state index in [0.717, 1.165) is 26.6 Å². The van der Waals surface area contributed by atoms with Crippen molar-refractivity contribution in [2.75, 3.05) is 0 Å². The molecule has 4 nitrogen and oxygen atoms in total. The van der Waals surface area contributed by atoms with E-state index in [-0.39, 0.29) is 11.9 Å². The minimum atomic E-state index is -0.125. The molecule has 2 N–H and O–H groups in total. The molecule has 0 fully saturated rings. The molecule has 1 amide bonds. The maximum atomic E-state index is 12.8. The summed E-state index contributed by atoms with van der Waals surface area (Å²) in [5.74, 6) is 0.323. The third-order valence-electron chi connectivity index (χ3n) is 4.07. The van der Waals surface area contributed by atoms with Crippen molar-refractivity contribution in [3.8, 4) is 0 Å². The lowest BCUT2D eigenvalue weighted by molar-refractivity contribution is 0.0932. The van der Waals surface area contributed by atoms with Crippen molar-refractivity contribution in [2.45, 2.75) is 26.3 Å². The van der Waals surface area contributed by atoms with Crippen molar-refractivity contribution in [1.82, 2.24) is 15.5 Å². The number of carbonyl (C=O) groups excluding carboxylic acids is 1. The molecule has 0 spiro atoms. The molecule has 130 valence electrons. The Labute approximate surface area is 165 Å². The molecule has 1 aromatic heterocycles. The number of aromatic amines is 1. The van der Waals surface area contributed by atoms with Gasteiger partial charge < -0.3 is 5.32 Å². The predicted octanol–water partition coefficient (Wildman–Crippen LogP) is 5.34. The van der Waals surface area contributed by atoms with Crippen LogP contribution in [0.15, 0.2) is 42.5 Å². The molecule has 3 aromatic rings. The average Bonchev–Trinajstić information content (AvgIpc) is 2.95. The van der Waals surface area contributed by atoms with Crippen LogP contribution in [0, 0.1) is 9.62 Å². The summed E-state index contributed by atoms with van der Waals surface area (Å²) in [5, 5.41) is 11.9. The number of carbonyl (C=O) groups is 1. The average molecular weight is 468 g/mol. The second kappa shape index (κ2) is 7.74. The van der Waals surface area contributed by atoms with E-state index in [0.29, 0.717) is 16.5 Å². The lowest BCUT2D eigenvalue weighted by Gasteiger charge is -2.22. The smallest absolute Gasteiger partial charge is 0.251 e. The van der Waals surface area contributed by atoms with Gasteiger partial charge in [0, 0.05) is 16.0 Å². The Hall–Kier alpha value is -1.60. The molecule has 0 saturated heterocycles. The van der Waals surface area contributed by atoms with Gasteiger partial charge in [-0.15, -0.1) is 0 Å². The molecular formula is C19H19ClIN3O. The van der Waals surface area contributed by atoms with Crippen LogP contribution in [0.25, 0.3) is 10.9 Å². The van der Waals surface area contributed by atoms with Gasteiger partial charge in [0.2, 0.25) is 0 Å². The first kappa shape index (κ1) is 18.2. The Morgan fingerprint density at radius 1 is 1.28 bits per heavy atom. The number of amides is 1. The Morgan fingerprint density at radius 3 is 2.76 bits per heavy atom. The summed E-state index contributed by atoms with van der Waals surface area (Å²) >= 11 is 8.51. The minimum Gasteiger partial charge on any atom is -0.345 e. The molecule has 3 rings (SSSR count). The molecule has 0 saturated carbocycles. The van der Waals surface area contributed by atoms with Gasteiger partial charge >= 0.3 is 0 Å². The van der Waals surface area contributed by atoms with Crippen molar-refractivity contribution in [1.29, 1.82) is 0 Å². The third-order valence-corrected chi connectivity index (χ3v) is 5.24. The Bertz CT molecular complexity index is 907. The zero-order chi connectivity index (χ0) is 18.0. The monoisotopic (exact) mass is 467 g/mol. The van der Waals surface area contributed by atoms with Crippen LogP contribution in [-0.4, -0.2) is 16.1 Å². The zero-order valence-corrected chi connectivity index (χ0v) is 16.9. The highest BCUT2D eigenvalue weighted by Crippen LogP contribution is 2.28. The summed E-state index contributed by atoms with van der Waals surface area (Å²) in [7, 11) is 0. The molecule has 1 atom stereocenters. The fourth-order valence-electron chi connectivity index (χ4n) is 2.86. The minimum absolute atomic E-state index is 0.107. The molecule has 2 aromatic carbocycles. The Kier molecular flexibility index (Phi) is 5.64. The van der Waals surface area contributed by atoms with E-state index in [4.69, 9.17) is 11.6 Å². The number of H-pyrrole nitrogens is 1. The fourth-order valence-corrected chi connectivity index (χ4v) is 3.69. The maximum Gasteiger partial charge on any atom is 0.251 e. The van der Waals surface area contributed by atoms with Crippen LogP contribution in [0.5, 0.6) is 0 Å². The summed E-state index contributed by atoms with van der Waals surface area (Å²) in [5.41, 5.74) is 2.49. The number of aromatic nitrogens is 2. The first-order valence-electron chi connectivity index (χ1n) is 8.14. The van der Waals surface area contributed by atoms with Gasteiger partial charge in [-0.2, -0.15) is 5.10 Å². The van der Waals surface area contributed by atoms with E-state index in [1.807, 2.05) is 42.5 Å². The van der Waals surface area contributed by atoms with Gasteiger partial charge in [-0.05, 0) is 64.8 Å². The molecule has 0 aliphatic rings. The lowest BCUT2D eigenvalue weighted by Crippen LogP contribution is -2.29. The second-order valence-corrected chi connectivity index (χ2v) is 7.88. The molecule has 0 bridgehead atoms. The van der Waals surface area contributed by atoms with E-state index in [1.54, 1.807) is 0 Å². The Morgan fingerprint density at radius 2 is 2.04 bits per heavy atom. The number of halogens is 2. The van der Waals surface area contributed by atoms with E-state index in [9.17, 15) is 4.79 Å². The highest BCUT2D eigenvalue weighted by Gasteiger charge is 2.20. The molecule has 0 radical (unpaired) electrons. The van der Waals surface area contributed by atoms with Gasteiger partial charge in [0.1, 0.15) is 3.70 Å². The summed E-state index contributed by atoms with van der Waals surface area (Å²) in [6.07, 6.45) is 0.820. The number of benzene rings is 2. The van der Waals surface area contributed by atoms with Gasteiger partial charge in [-0.25, -0.2) is 0 Å². The number of nitrogens with zero attached hydrogens (tertiary/aromatic N) is 1. The summed E-state index contributed by atoms with van der Waals surface area (Å²) in [4.78, 5) is 12.8. The molecule has 0 aliphatic heterocycles. The molecule has 0 unspecified atom stereocenters. The van der Waals surface area contributed by atoms with Crippen molar-refractivity contribution in [3.05, 3.63) is 62.3 Å². The van der Waals surface area contributed by atoms with Crippen LogP contribution < -0.4 is 5.32 Å². The normalized spacial score (nSPS) is 12.5. The predicted molar refractivity (Wildman–Crippen MR) is 110 cm³/mol. The molecule has 0 aliphatic carbocycles. The van der Waals surface area contributed by atoms with Gasteiger partial charge in [0.25, 0.3) is 5.91 Å². The standard InChI is InChI=1S/C19H19ClIN3O/c1-11(2)9-17(13-5-3-4-6-15(13)20)22-19(25)12-7-8-16-14(10-12)18(21)24-23-16/h3-8,10-11,17H,9H2,1-2H3,(H,22,25)(H,23,24)/t17-/m1/s1. The topological polar surface area (TPSA) is 57.8 Å². The molecule has 25 heavy (non-hydrogen) atoms. The van der Waals surface area contributed by atoms with Crippen LogP contribution in [-0.2, 0) is 0 Å². The van der Waals surface area contributed by atoms with Gasteiger partial charge in [0.15, 0.2) is 0 Å². The molecular weight excluding hydrogens is 449 g/mol. The van der Waals surface area contributed by atoms with Crippen LogP contribution in [0.4, 0.5) is 0 Å². The number of rotatable bonds is 5. The third kappa shape index (κ3) is 4.15. The van der Waals surface area contributed by atoms with Crippen LogP contribution >= 0.6 is 34.2 Å². The first-order valence-corrected chi connectivity index (χ1v) is 9.60.